The molecule has 1 heterocycles. The molecule has 0 spiro atoms. The Bertz CT molecular complexity index is 671. The molecule has 1 aromatic rings. The van der Waals surface area contributed by atoms with Gasteiger partial charge in [0.05, 0.1) is 10.6 Å². The first-order chi connectivity index (χ1) is 11.9. The molecular weight excluding hydrogens is 367 g/mol. The van der Waals surface area contributed by atoms with Crippen LogP contribution < -0.4 is 5.32 Å². The van der Waals surface area contributed by atoms with Crippen molar-refractivity contribution in [2.45, 2.75) is 44.2 Å². The number of piperidine rings is 1. The molecule has 2 fully saturated rings. The molecule has 0 radical (unpaired) electrons. The summed E-state index contributed by atoms with van der Waals surface area (Å²) in [5.74, 6) is -0.720. The molecule has 0 unspecified atom stereocenters. The molecule has 6 nitrogen and oxygen atoms in total. The van der Waals surface area contributed by atoms with E-state index < -0.39 is 5.91 Å². The topological polar surface area (TPSA) is 78.9 Å². The van der Waals surface area contributed by atoms with Gasteiger partial charge in [-0.15, -0.1) is 0 Å². The predicted octanol–water partition coefficient (Wildman–Crippen LogP) is 3.58. The van der Waals surface area contributed by atoms with Gasteiger partial charge >= 0.3 is 6.09 Å². The van der Waals surface area contributed by atoms with Crippen molar-refractivity contribution in [3.63, 3.8) is 0 Å². The molecule has 136 valence electrons. The standard InChI is InChI=1S/C17H20Cl2N2O4/c18-10-8-13(15(22)14(19)9-10)16(23)20-11-4-6-21(7-5-11)17(24)25-12-2-1-3-12/h8-9,11-12,22H,1-7H2,(H,20,23). The monoisotopic (exact) mass is 386 g/mol. The summed E-state index contributed by atoms with van der Waals surface area (Å²) < 4.78 is 5.39. The lowest BCUT2D eigenvalue weighted by atomic mass is 9.96. The summed E-state index contributed by atoms with van der Waals surface area (Å²) in [7, 11) is 0. The van der Waals surface area contributed by atoms with Gasteiger partial charge < -0.3 is 20.1 Å². The van der Waals surface area contributed by atoms with E-state index in [0.29, 0.717) is 25.9 Å². The van der Waals surface area contributed by atoms with Crippen molar-refractivity contribution in [2.24, 2.45) is 0 Å². The Labute approximate surface area is 156 Å². The van der Waals surface area contributed by atoms with Gasteiger partial charge in [0.15, 0.2) is 0 Å². The van der Waals surface area contributed by atoms with Gasteiger partial charge in [0.2, 0.25) is 0 Å². The summed E-state index contributed by atoms with van der Waals surface area (Å²) in [6.07, 6.45) is 4.07. The minimum Gasteiger partial charge on any atom is -0.506 e. The number of phenolic OH excluding ortho intramolecular Hbond substituents is 1. The Morgan fingerprint density at radius 3 is 2.44 bits per heavy atom. The van der Waals surface area contributed by atoms with Crippen LogP contribution in [0.4, 0.5) is 4.79 Å². The number of nitrogens with zero attached hydrogens (tertiary/aromatic N) is 1. The number of aromatic hydroxyl groups is 1. The fourth-order valence-corrected chi connectivity index (χ4v) is 3.41. The average Bonchev–Trinajstić information content (AvgIpc) is 2.54. The summed E-state index contributed by atoms with van der Waals surface area (Å²) in [5.41, 5.74) is 0.0457. The number of benzene rings is 1. The minimum absolute atomic E-state index is 0.0335. The van der Waals surface area contributed by atoms with E-state index in [-0.39, 0.29) is 39.6 Å². The van der Waals surface area contributed by atoms with Crippen LogP contribution in [-0.2, 0) is 4.74 Å². The maximum atomic E-state index is 12.4. The van der Waals surface area contributed by atoms with Crippen LogP contribution in [0, 0.1) is 0 Å². The largest absolute Gasteiger partial charge is 0.506 e. The summed E-state index contributed by atoms with van der Waals surface area (Å²) in [6, 6.07) is 2.67. The first-order valence-electron chi connectivity index (χ1n) is 8.38. The molecule has 3 rings (SSSR count). The van der Waals surface area contributed by atoms with Gasteiger partial charge in [-0.25, -0.2) is 4.79 Å². The van der Waals surface area contributed by atoms with Crippen molar-refractivity contribution in [3.05, 3.63) is 27.7 Å². The van der Waals surface area contributed by atoms with E-state index in [1.54, 1.807) is 4.90 Å². The van der Waals surface area contributed by atoms with Gasteiger partial charge in [0.25, 0.3) is 5.91 Å². The van der Waals surface area contributed by atoms with Gasteiger partial charge in [-0.2, -0.15) is 0 Å². The Balaban J connectivity index is 1.52. The molecule has 1 aliphatic carbocycles. The molecular formula is C17H20Cl2N2O4. The SMILES string of the molecule is O=C(NC1CCN(C(=O)OC2CCC2)CC1)c1cc(Cl)cc(Cl)c1O. The normalized spacial score (nSPS) is 18.6. The van der Waals surface area contributed by atoms with Gasteiger partial charge in [0, 0.05) is 24.2 Å². The maximum absolute atomic E-state index is 12.4. The number of carbonyl (C=O) groups is 2. The molecule has 25 heavy (non-hydrogen) atoms. The Morgan fingerprint density at radius 2 is 1.84 bits per heavy atom. The molecule has 0 aromatic heterocycles. The predicted molar refractivity (Wildman–Crippen MR) is 94.3 cm³/mol. The van der Waals surface area contributed by atoms with Crippen molar-refractivity contribution in [1.82, 2.24) is 10.2 Å². The highest BCUT2D eigenvalue weighted by molar-refractivity contribution is 6.36. The van der Waals surface area contributed by atoms with Crippen LogP contribution in [-0.4, -0.2) is 47.2 Å². The summed E-state index contributed by atoms with van der Waals surface area (Å²) in [4.78, 5) is 26.1. The lowest BCUT2D eigenvalue weighted by Gasteiger charge is -2.34. The van der Waals surface area contributed by atoms with Gasteiger partial charge in [-0.3, -0.25) is 4.79 Å². The second-order valence-electron chi connectivity index (χ2n) is 6.46. The Hall–Kier alpha value is -1.66. The van der Waals surface area contributed by atoms with E-state index in [0.717, 1.165) is 19.3 Å². The number of halogens is 2. The number of amides is 2. The van der Waals surface area contributed by atoms with Crippen LogP contribution in [0.25, 0.3) is 0 Å². The quantitative estimate of drug-likeness (QED) is 0.831. The van der Waals surface area contributed by atoms with Crippen LogP contribution in [0.15, 0.2) is 12.1 Å². The van der Waals surface area contributed by atoms with Crippen molar-refractivity contribution in [2.75, 3.05) is 13.1 Å². The van der Waals surface area contributed by atoms with Crippen LogP contribution >= 0.6 is 23.2 Å². The number of ether oxygens (including phenoxy) is 1. The van der Waals surface area contributed by atoms with Crippen LogP contribution in [0.3, 0.4) is 0 Å². The van der Waals surface area contributed by atoms with E-state index in [9.17, 15) is 14.7 Å². The molecule has 2 amide bonds. The number of likely N-dealkylation sites (tertiary alicyclic amines) is 1. The third-order valence-corrected chi connectivity index (χ3v) is 5.19. The zero-order valence-electron chi connectivity index (χ0n) is 13.6. The van der Waals surface area contributed by atoms with E-state index in [1.807, 2.05) is 0 Å². The third kappa shape index (κ3) is 4.30. The number of phenols is 1. The highest BCUT2D eigenvalue weighted by atomic mass is 35.5. The van der Waals surface area contributed by atoms with E-state index >= 15 is 0 Å². The highest BCUT2D eigenvalue weighted by Crippen LogP contribution is 2.31. The summed E-state index contributed by atoms with van der Waals surface area (Å²) in [6.45, 7) is 1.05. The van der Waals surface area contributed by atoms with Crippen LogP contribution in [0.1, 0.15) is 42.5 Å². The lowest BCUT2D eigenvalue weighted by Crippen LogP contribution is -2.47. The molecule has 1 saturated heterocycles. The zero-order valence-corrected chi connectivity index (χ0v) is 15.1. The first-order valence-corrected chi connectivity index (χ1v) is 9.14. The van der Waals surface area contributed by atoms with Crippen molar-refractivity contribution in [1.29, 1.82) is 0 Å². The fraction of sp³-hybridized carbons (Fsp3) is 0.529. The molecule has 1 aliphatic heterocycles. The van der Waals surface area contributed by atoms with Gasteiger partial charge in [-0.1, -0.05) is 23.2 Å². The van der Waals surface area contributed by atoms with Crippen molar-refractivity contribution < 1.29 is 19.4 Å². The van der Waals surface area contributed by atoms with Gasteiger partial charge in [-0.05, 0) is 44.2 Å². The van der Waals surface area contributed by atoms with Crippen LogP contribution in [0.2, 0.25) is 10.0 Å². The number of carbonyl (C=O) groups excluding carboxylic acids is 2. The Morgan fingerprint density at radius 1 is 1.16 bits per heavy atom. The van der Waals surface area contributed by atoms with Crippen molar-refractivity contribution >= 4 is 35.2 Å². The number of hydrogen-bond acceptors (Lipinski definition) is 4. The second-order valence-corrected chi connectivity index (χ2v) is 7.30. The van der Waals surface area contributed by atoms with Crippen molar-refractivity contribution in [3.8, 4) is 5.75 Å². The second kappa shape index (κ2) is 7.70. The molecule has 1 saturated carbocycles. The highest BCUT2D eigenvalue weighted by Gasteiger charge is 2.29. The number of nitrogens with one attached hydrogen (secondary N) is 1. The summed E-state index contributed by atoms with van der Waals surface area (Å²) >= 11 is 11.7. The number of hydrogen-bond donors (Lipinski definition) is 2. The Kier molecular flexibility index (Phi) is 5.59. The van der Waals surface area contributed by atoms with E-state index in [4.69, 9.17) is 27.9 Å². The van der Waals surface area contributed by atoms with E-state index in [2.05, 4.69) is 5.32 Å². The van der Waals surface area contributed by atoms with Gasteiger partial charge in [0.1, 0.15) is 11.9 Å². The molecule has 2 aliphatic rings. The first kappa shape index (κ1) is 18.1. The molecule has 0 bridgehead atoms. The molecule has 8 heteroatoms. The fourth-order valence-electron chi connectivity index (χ4n) is 2.91. The van der Waals surface area contributed by atoms with E-state index in [1.165, 1.54) is 12.1 Å². The lowest BCUT2D eigenvalue weighted by molar-refractivity contribution is 0.0220. The van der Waals surface area contributed by atoms with Crippen LogP contribution in [0.5, 0.6) is 5.75 Å². The third-order valence-electron chi connectivity index (χ3n) is 4.68. The number of rotatable bonds is 3. The zero-order chi connectivity index (χ0) is 18.0. The molecule has 0 atom stereocenters. The minimum atomic E-state index is -0.433. The molecule has 2 N–H and O–H groups in total. The average molecular weight is 387 g/mol. The molecule has 1 aromatic carbocycles. The summed E-state index contributed by atoms with van der Waals surface area (Å²) in [5, 5.41) is 13.1. The smallest absolute Gasteiger partial charge is 0.410 e. The maximum Gasteiger partial charge on any atom is 0.410 e.